The molecule has 0 saturated carbocycles. The van der Waals surface area contributed by atoms with Gasteiger partial charge < -0.3 is 14.5 Å². The van der Waals surface area contributed by atoms with Crippen LogP contribution in [-0.2, 0) is 0 Å². The van der Waals surface area contributed by atoms with E-state index in [0.717, 1.165) is 39.8 Å². The van der Waals surface area contributed by atoms with Gasteiger partial charge in [-0.05, 0) is 30.3 Å². The Morgan fingerprint density at radius 3 is 2.56 bits per heavy atom. The number of aromatic nitrogens is 1. The van der Waals surface area contributed by atoms with Gasteiger partial charge in [-0.25, -0.2) is 4.98 Å². The van der Waals surface area contributed by atoms with E-state index in [4.69, 9.17) is 9.72 Å². The van der Waals surface area contributed by atoms with Gasteiger partial charge in [0, 0.05) is 31.7 Å². The van der Waals surface area contributed by atoms with Gasteiger partial charge in [0.2, 0.25) is 0 Å². The van der Waals surface area contributed by atoms with Crippen LogP contribution in [0.3, 0.4) is 0 Å². The van der Waals surface area contributed by atoms with E-state index in [0.29, 0.717) is 13.1 Å². The minimum absolute atomic E-state index is 0.106. The Hall–Kier alpha value is -2.60. The topological polar surface area (TPSA) is 45.7 Å². The van der Waals surface area contributed by atoms with Crippen LogP contribution in [0.25, 0.3) is 10.2 Å². The van der Waals surface area contributed by atoms with Crippen molar-refractivity contribution in [2.24, 2.45) is 0 Å². The SMILES string of the molecule is COc1ccc2nc(N3CCN(C(=O)c4ccccc4)CC3)sc2c1. The molecule has 1 aliphatic heterocycles. The van der Waals surface area contributed by atoms with E-state index < -0.39 is 0 Å². The average molecular weight is 353 g/mol. The lowest BCUT2D eigenvalue weighted by Gasteiger charge is -2.34. The highest BCUT2D eigenvalue weighted by Crippen LogP contribution is 2.31. The number of fused-ring (bicyclic) bond motifs is 1. The molecule has 0 unspecified atom stereocenters. The van der Waals surface area contributed by atoms with Crippen molar-refractivity contribution in [2.45, 2.75) is 0 Å². The van der Waals surface area contributed by atoms with E-state index in [1.807, 2.05) is 53.4 Å². The second-order valence-electron chi connectivity index (χ2n) is 5.98. The second-order valence-corrected chi connectivity index (χ2v) is 6.98. The summed E-state index contributed by atoms with van der Waals surface area (Å²) in [5, 5.41) is 1.01. The Bertz CT molecular complexity index is 886. The van der Waals surface area contributed by atoms with Gasteiger partial charge in [0.05, 0.1) is 17.3 Å². The molecule has 2 heterocycles. The molecule has 1 aliphatic rings. The number of hydrogen-bond donors (Lipinski definition) is 0. The van der Waals surface area contributed by atoms with Crippen molar-refractivity contribution in [3.05, 3.63) is 54.1 Å². The average Bonchev–Trinajstić information content (AvgIpc) is 3.11. The molecule has 0 atom stereocenters. The number of thiazole rings is 1. The van der Waals surface area contributed by atoms with Crippen LogP contribution in [0.5, 0.6) is 5.75 Å². The zero-order chi connectivity index (χ0) is 17.2. The largest absolute Gasteiger partial charge is 0.497 e. The summed E-state index contributed by atoms with van der Waals surface area (Å²) in [5.74, 6) is 0.954. The lowest BCUT2D eigenvalue weighted by atomic mass is 10.2. The first kappa shape index (κ1) is 15.9. The molecule has 3 aromatic rings. The zero-order valence-electron chi connectivity index (χ0n) is 14.0. The molecule has 128 valence electrons. The third-order valence-electron chi connectivity index (χ3n) is 4.44. The molecular formula is C19H19N3O2S. The van der Waals surface area contributed by atoms with Crippen LogP contribution in [0, 0.1) is 0 Å². The number of nitrogens with zero attached hydrogens (tertiary/aromatic N) is 3. The lowest BCUT2D eigenvalue weighted by molar-refractivity contribution is 0.0747. The van der Waals surface area contributed by atoms with E-state index >= 15 is 0 Å². The van der Waals surface area contributed by atoms with Gasteiger partial charge in [-0.2, -0.15) is 0 Å². The normalized spacial score (nSPS) is 14.8. The number of carbonyl (C=O) groups is 1. The number of piperazine rings is 1. The zero-order valence-corrected chi connectivity index (χ0v) is 14.8. The number of ether oxygens (including phenoxy) is 1. The Balaban J connectivity index is 1.46. The molecule has 2 aromatic carbocycles. The monoisotopic (exact) mass is 353 g/mol. The summed E-state index contributed by atoms with van der Waals surface area (Å²) < 4.78 is 6.40. The van der Waals surface area contributed by atoms with E-state index in [1.54, 1.807) is 18.4 Å². The van der Waals surface area contributed by atoms with Gasteiger partial charge >= 0.3 is 0 Å². The van der Waals surface area contributed by atoms with Crippen molar-refractivity contribution in [3.63, 3.8) is 0 Å². The molecule has 1 amide bonds. The lowest BCUT2D eigenvalue weighted by Crippen LogP contribution is -2.48. The van der Waals surface area contributed by atoms with Crippen molar-refractivity contribution in [3.8, 4) is 5.75 Å². The van der Waals surface area contributed by atoms with Crippen molar-refractivity contribution in [2.75, 3.05) is 38.2 Å². The molecular weight excluding hydrogens is 334 g/mol. The van der Waals surface area contributed by atoms with Gasteiger partial charge in [-0.3, -0.25) is 4.79 Å². The van der Waals surface area contributed by atoms with Gasteiger partial charge in [-0.15, -0.1) is 0 Å². The fourth-order valence-electron chi connectivity index (χ4n) is 3.02. The quantitative estimate of drug-likeness (QED) is 0.725. The Morgan fingerprint density at radius 2 is 1.84 bits per heavy atom. The number of rotatable bonds is 3. The highest BCUT2D eigenvalue weighted by Gasteiger charge is 2.23. The third kappa shape index (κ3) is 3.17. The molecule has 0 spiro atoms. The smallest absolute Gasteiger partial charge is 0.253 e. The molecule has 6 heteroatoms. The van der Waals surface area contributed by atoms with E-state index in [2.05, 4.69) is 4.90 Å². The van der Waals surface area contributed by atoms with Crippen LogP contribution in [0.1, 0.15) is 10.4 Å². The first-order valence-corrected chi connectivity index (χ1v) is 9.10. The summed E-state index contributed by atoms with van der Waals surface area (Å²) in [6.45, 7) is 3.03. The Labute approximate surface area is 150 Å². The van der Waals surface area contributed by atoms with Crippen molar-refractivity contribution in [1.29, 1.82) is 0 Å². The van der Waals surface area contributed by atoms with Crippen LogP contribution in [-0.4, -0.2) is 49.1 Å². The predicted molar refractivity (Wildman–Crippen MR) is 101 cm³/mol. The number of amides is 1. The van der Waals surface area contributed by atoms with E-state index in [1.165, 1.54) is 0 Å². The summed E-state index contributed by atoms with van der Waals surface area (Å²) in [7, 11) is 1.67. The third-order valence-corrected chi connectivity index (χ3v) is 5.52. The molecule has 1 aromatic heterocycles. The first-order chi connectivity index (χ1) is 12.2. The molecule has 0 bridgehead atoms. The van der Waals surface area contributed by atoms with Crippen molar-refractivity contribution in [1.82, 2.24) is 9.88 Å². The van der Waals surface area contributed by atoms with Crippen LogP contribution in [0.15, 0.2) is 48.5 Å². The fourth-order valence-corrected chi connectivity index (χ4v) is 4.06. The molecule has 0 radical (unpaired) electrons. The Morgan fingerprint density at radius 1 is 1.08 bits per heavy atom. The number of methoxy groups -OCH3 is 1. The van der Waals surface area contributed by atoms with E-state index in [-0.39, 0.29) is 5.91 Å². The summed E-state index contributed by atoms with van der Waals surface area (Å²) >= 11 is 1.67. The molecule has 0 N–H and O–H groups in total. The molecule has 5 nitrogen and oxygen atoms in total. The fraction of sp³-hybridized carbons (Fsp3) is 0.263. The molecule has 4 rings (SSSR count). The van der Waals surface area contributed by atoms with Crippen LogP contribution in [0.4, 0.5) is 5.13 Å². The van der Waals surface area contributed by atoms with Gasteiger partial charge in [0.25, 0.3) is 5.91 Å². The highest BCUT2D eigenvalue weighted by molar-refractivity contribution is 7.22. The molecule has 25 heavy (non-hydrogen) atoms. The number of benzene rings is 2. The van der Waals surface area contributed by atoms with Crippen molar-refractivity contribution >= 4 is 32.6 Å². The molecule has 1 saturated heterocycles. The number of carbonyl (C=O) groups excluding carboxylic acids is 1. The van der Waals surface area contributed by atoms with Crippen LogP contribution >= 0.6 is 11.3 Å². The second kappa shape index (κ2) is 6.72. The van der Waals surface area contributed by atoms with Crippen LogP contribution in [0.2, 0.25) is 0 Å². The van der Waals surface area contributed by atoms with Gasteiger partial charge in [-0.1, -0.05) is 29.5 Å². The molecule has 1 fully saturated rings. The van der Waals surface area contributed by atoms with E-state index in [9.17, 15) is 4.79 Å². The van der Waals surface area contributed by atoms with Crippen molar-refractivity contribution < 1.29 is 9.53 Å². The summed E-state index contributed by atoms with van der Waals surface area (Å²) in [6.07, 6.45) is 0. The summed E-state index contributed by atoms with van der Waals surface area (Å²) in [4.78, 5) is 21.4. The first-order valence-electron chi connectivity index (χ1n) is 8.28. The molecule has 0 aliphatic carbocycles. The van der Waals surface area contributed by atoms with Gasteiger partial charge in [0.15, 0.2) is 5.13 Å². The maximum atomic E-state index is 12.5. The number of anilines is 1. The number of hydrogen-bond acceptors (Lipinski definition) is 5. The summed E-state index contributed by atoms with van der Waals surface area (Å²) in [6, 6.07) is 15.4. The van der Waals surface area contributed by atoms with Crippen LogP contribution < -0.4 is 9.64 Å². The predicted octanol–water partition coefficient (Wildman–Crippen LogP) is 3.27. The maximum absolute atomic E-state index is 12.5. The highest BCUT2D eigenvalue weighted by atomic mass is 32.1. The summed E-state index contributed by atoms with van der Waals surface area (Å²) in [5.41, 5.74) is 1.74. The van der Waals surface area contributed by atoms with Gasteiger partial charge in [0.1, 0.15) is 5.75 Å². The Kier molecular flexibility index (Phi) is 4.28. The minimum Gasteiger partial charge on any atom is -0.497 e. The standard InChI is InChI=1S/C19H19N3O2S/c1-24-15-7-8-16-17(13-15)25-19(20-16)22-11-9-21(10-12-22)18(23)14-5-3-2-4-6-14/h2-8,13H,9-12H2,1H3. The minimum atomic E-state index is 0.106. The maximum Gasteiger partial charge on any atom is 0.253 e.